The van der Waals surface area contributed by atoms with Crippen molar-refractivity contribution < 1.29 is 33.0 Å². The smallest absolute Gasteiger partial charge is 0.407 e. The van der Waals surface area contributed by atoms with E-state index in [2.05, 4.69) is 42.4 Å². The molecule has 6 rings (SSSR count). The number of nitrogens with one attached hydrogen (secondary N) is 4. The van der Waals surface area contributed by atoms with E-state index in [0.29, 0.717) is 53.5 Å². The molecular formula is C43H51FN8O6. The zero-order chi connectivity index (χ0) is 41.7. The quantitative estimate of drug-likeness (QED) is 0.121. The van der Waals surface area contributed by atoms with Gasteiger partial charge in [0, 0.05) is 29.8 Å². The summed E-state index contributed by atoms with van der Waals surface area (Å²) in [6.07, 6.45) is 4.94. The molecule has 2 aliphatic rings. The van der Waals surface area contributed by atoms with Crippen molar-refractivity contribution in [2.75, 3.05) is 27.3 Å². The first kappa shape index (κ1) is 41.5. The molecule has 2 saturated heterocycles. The zero-order valence-corrected chi connectivity index (χ0v) is 33.9. The molecule has 4 atom stereocenters. The van der Waals surface area contributed by atoms with E-state index in [9.17, 15) is 19.2 Å². The minimum Gasteiger partial charge on any atom is -0.453 e. The van der Waals surface area contributed by atoms with Crippen molar-refractivity contribution in [1.82, 2.24) is 40.4 Å². The minimum atomic E-state index is -0.761. The summed E-state index contributed by atoms with van der Waals surface area (Å²) in [4.78, 5) is 70.5. The lowest BCUT2D eigenvalue weighted by molar-refractivity contribution is -0.136. The van der Waals surface area contributed by atoms with E-state index < -0.39 is 30.1 Å². The molecule has 14 nitrogen and oxygen atoms in total. The summed E-state index contributed by atoms with van der Waals surface area (Å²) in [7, 11) is 2.53. The number of likely N-dealkylation sites (tertiary alicyclic amines) is 2. The van der Waals surface area contributed by atoms with E-state index in [-0.39, 0.29) is 35.7 Å². The van der Waals surface area contributed by atoms with Crippen LogP contribution in [0.25, 0.3) is 33.6 Å². The first-order chi connectivity index (χ1) is 27.8. The van der Waals surface area contributed by atoms with Crippen LogP contribution in [-0.2, 0) is 19.1 Å². The predicted molar refractivity (Wildman–Crippen MR) is 215 cm³/mol. The number of aromatic amines is 2. The first-order valence-corrected chi connectivity index (χ1v) is 19.6. The summed E-state index contributed by atoms with van der Waals surface area (Å²) >= 11 is 0. The van der Waals surface area contributed by atoms with Crippen LogP contribution in [0, 0.1) is 29.5 Å². The van der Waals surface area contributed by atoms with Crippen LogP contribution in [0.5, 0.6) is 0 Å². The Morgan fingerprint density at radius 2 is 1.26 bits per heavy atom. The third-order valence-electron chi connectivity index (χ3n) is 10.8. The molecule has 4 N–H and O–H groups in total. The Kier molecular flexibility index (Phi) is 12.8. The number of benzene rings is 2. The van der Waals surface area contributed by atoms with Crippen LogP contribution in [0.3, 0.4) is 0 Å². The maximum atomic E-state index is 16.0. The van der Waals surface area contributed by atoms with Crippen molar-refractivity contribution >= 4 is 24.0 Å². The Morgan fingerprint density at radius 3 is 1.76 bits per heavy atom. The van der Waals surface area contributed by atoms with Gasteiger partial charge in [-0.05, 0) is 73.8 Å². The standard InChI is InChI=1S/C43H51FN8O6/c1-8-11-26-20-28(32-22-45-38(47-32)34-12-9-18-51(34)40(53)36(24(2)3)49-42(55)57-6)15-16-29(26)27-14-17-30(31(44)21-27)33-23-46-39(48-33)35-13-10-19-52(35)41(54)37(25(4)5)50-43(56)58-7/h14-17,20-25,34-37H,9-10,12-13,18-19H2,1-7H3,(H,45,47)(H,46,48)(H,49,55)(H,50,56)/t34-,35-,36-,37-/m0/s1. The van der Waals surface area contributed by atoms with Gasteiger partial charge in [-0.3, -0.25) is 9.59 Å². The molecule has 4 amide bonds. The summed E-state index contributed by atoms with van der Waals surface area (Å²) in [5.74, 6) is 6.17. The molecule has 15 heteroatoms. The summed E-state index contributed by atoms with van der Waals surface area (Å²) in [6, 6.07) is 8.65. The number of alkyl carbamates (subject to hydrolysis) is 2. The van der Waals surface area contributed by atoms with E-state index in [0.717, 1.165) is 36.1 Å². The Bertz CT molecular complexity index is 2220. The molecule has 306 valence electrons. The number of imidazole rings is 2. The average Bonchev–Trinajstić information content (AvgIpc) is 4.05. The number of H-pyrrole nitrogens is 2. The SMILES string of the molecule is CC#Cc1cc(-c2cnc([C@@H]3CCCN3C(=O)[C@@H](NC(=O)OC)C(C)C)[nH]2)ccc1-c1ccc(-c2cnc([C@@H]3CCCN3C(=O)[C@@H](NC(=O)OC)C(C)C)[nH]2)c(F)c1. The van der Waals surface area contributed by atoms with Gasteiger partial charge in [0.1, 0.15) is 29.5 Å². The normalized spacial score (nSPS) is 17.5. The number of nitrogens with zero attached hydrogens (tertiary/aromatic N) is 4. The maximum absolute atomic E-state index is 16.0. The van der Waals surface area contributed by atoms with Gasteiger partial charge >= 0.3 is 12.2 Å². The topological polar surface area (TPSA) is 175 Å². The van der Waals surface area contributed by atoms with Crippen LogP contribution in [0.1, 0.15) is 89.6 Å². The molecule has 2 aliphatic heterocycles. The number of halogens is 1. The number of hydrogen-bond acceptors (Lipinski definition) is 8. The average molecular weight is 795 g/mol. The summed E-state index contributed by atoms with van der Waals surface area (Å²) in [6.45, 7) is 10.3. The molecule has 0 spiro atoms. The largest absolute Gasteiger partial charge is 0.453 e. The molecule has 0 bridgehead atoms. The monoisotopic (exact) mass is 794 g/mol. The summed E-state index contributed by atoms with van der Waals surface area (Å²) in [5, 5.41) is 5.33. The Hall–Kier alpha value is -6.17. The molecule has 4 aromatic rings. The van der Waals surface area contributed by atoms with E-state index in [1.807, 2.05) is 52.0 Å². The third kappa shape index (κ3) is 8.70. The van der Waals surface area contributed by atoms with Crippen molar-refractivity contribution in [3.63, 3.8) is 0 Å². The lowest BCUT2D eigenvalue weighted by Crippen LogP contribution is -2.51. The van der Waals surface area contributed by atoms with Crippen LogP contribution in [-0.4, -0.2) is 93.1 Å². The molecule has 0 unspecified atom stereocenters. The van der Waals surface area contributed by atoms with Crippen LogP contribution >= 0.6 is 0 Å². The van der Waals surface area contributed by atoms with Gasteiger partial charge in [0.2, 0.25) is 11.8 Å². The van der Waals surface area contributed by atoms with Gasteiger partial charge in [0.15, 0.2) is 0 Å². The van der Waals surface area contributed by atoms with Gasteiger partial charge in [-0.1, -0.05) is 51.8 Å². The highest BCUT2D eigenvalue weighted by atomic mass is 19.1. The number of rotatable bonds is 11. The van der Waals surface area contributed by atoms with Gasteiger partial charge in [-0.2, -0.15) is 0 Å². The van der Waals surface area contributed by atoms with Crippen molar-refractivity contribution in [2.24, 2.45) is 11.8 Å². The molecule has 4 heterocycles. The van der Waals surface area contributed by atoms with Gasteiger partial charge < -0.3 is 39.9 Å². The number of hydrogen-bond donors (Lipinski definition) is 4. The van der Waals surface area contributed by atoms with Gasteiger partial charge in [0.05, 0.1) is 50.1 Å². The number of ether oxygens (including phenoxy) is 2. The molecule has 0 aliphatic carbocycles. The molecule has 58 heavy (non-hydrogen) atoms. The number of amides is 4. The van der Waals surface area contributed by atoms with E-state index in [1.165, 1.54) is 20.3 Å². The Morgan fingerprint density at radius 1 is 0.759 bits per heavy atom. The molecule has 2 aromatic carbocycles. The zero-order valence-electron chi connectivity index (χ0n) is 33.9. The number of methoxy groups -OCH3 is 2. The number of aromatic nitrogens is 4. The van der Waals surface area contributed by atoms with Crippen LogP contribution in [0.15, 0.2) is 48.8 Å². The van der Waals surface area contributed by atoms with Crippen molar-refractivity contribution in [2.45, 2.75) is 84.5 Å². The van der Waals surface area contributed by atoms with Gasteiger partial charge in [-0.25, -0.2) is 23.9 Å². The van der Waals surface area contributed by atoms with Crippen LogP contribution < -0.4 is 10.6 Å². The van der Waals surface area contributed by atoms with E-state index in [1.54, 1.807) is 35.2 Å². The molecule has 0 saturated carbocycles. The Balaban J connectivity index is 1.20. The maximum Gasteiger partial charge on any atom is 0.407 e. The van der Waals surface area contributed by atoms with Crippen molar-refractivity contribution in [3.8, 4) is 45.5 Å². The molecule has 2 aromatic heterocycles. The second-order valence-electron chi connectivity index (χ2n) is 15.3. The second kappa shape index (κ2) is 18.0. The van der Waals surface area contributed by atoms with E-state index >= 15 is 4.39 Å². The van der Waals surface area contributed by atoms with Crippen LogP contribution in [0.4, 0.5) is 14.0 Å². The van der Waals surface area contributed by atoms with Crippen molar-refractivity contribution in [3.05, 3.63) is 71.8 Å². The highest BCUT2D eigenvalue weighted by Gasteiger charge is 2.39. The number of carbonyl (C=O) groups is 4. The summed E-state index contributed by atoms with van der Waals surface area (Å²) in [5.41, 5.74) is 4.47. The highest BCUT2D eigenvalue weighted by Crippen LogP contribution is 2.36. The fraction of sp³-hybridized carbons (Fsp3) is 0.442. The van der Waals surface area contributed by atoms with E-state index in [4.69, 9.17) is 9.47 Å². The fourth-order valence-corrected chi connectivity index (χ4v) is 7.78. The highest BCUT2D eigenvalue weighted by molar-refractivity contribution is 5.87. The van der Waals surface area contributed by atoms with Crippen molar-refractivity contribution in [1.29, 1.82) is 0 Å². The lowest BCUT2D eigenvalue weighted by Gasteiger charge is -2.30. The minimum absolute atomic E-state index is 0.144. The number of carbonyl (C=O) groups excluding carboxylic acids is 4. The predicted octanol–water partition coefficient (Wildman–Crippen LogP) is 6.73. The van der Waals surface area contributed by atoms with Crippen LogP contribution in [0.2, 0.25) is 0 Å². The van der Waals surface area contributed by atoms with Gasteiger partial charge in [-0.15, -0.1) is 5.92 Å². The summed E-state index contributed by atoms with van der Waals surface area (Å²) < 4.78 is 25.5. The second-order valence-corrected chi connectivity index (χ2v) is 15.3. The third-order valence-corrected chi connectivity index (χ3v) is 10.8. The molecule has 2 fully saturated rings. The lowest BCUT2D eigenvalue weighted by atomic mass is 9.95. The molecule has 0 radical (unpaired) electrons. The van der Waals surface area contributed by atoms with Gasteiger partial charge in [0.25, 0.3) is 0 Å². The Labute approximate surface area is 337 Å². The molecular weight excluding hydrogens is 744 g/mol. The first-order valence-electron chi connectivity index (χ1n) is 19.6. The fourth-order valence-electron chi connectivity index (χ4n) is 7.78.